The van der Waals surface area contributed by atoms with Crippen molar-refractivity contribution in [3.8, 4) is 0 Å². The number of nitrogens with zero attached hydrogens (tertiary/aromatic N) is 2. The lowest BCUT2D eigenvalue weighted by Crippen LogP contribution is -2.61. The molecule has 1 saturated carbocycles. The molecule has 0 bridgehead atoms. The molecule has 3 rings (SSSR count). The van der Waals surface area contributed by atoms with Crippen LogP contribution in [-0.4, -0.2) is 53.2 Å². The van der Waals surface area contributed by atoms with E-state index in [1.165, 1.54) is 0 Å². The monoisotopic (exact) mass is 279 g/mol. The number of carbonyl (C=O) groups is 4. The molecule has 3 aliphatic rings. The number of nitrogens with one attached hydrogen (secondary N) is 1. The number of carbonyl (C=O) groups excluding carboxylic acids is 4. The van der Waals surface area contributed by atoms with Crippen molar-refractivity contribution >= 4 is 23.8 Å². The Kier molecular flexibility index (Phi) is 2.99. The summed E-state index contributed by atoms with van der Waals surface area (Å²) in [6.07, 6.45) is 3.92. The minimum absolute atomic E-state index is 0.224. The number of hydrogen-bond donors (Lipinski definition) is 1. The first-order valence-corrected chi connectivity index (χ1v) is 7.00. The molecule has 1 N–H and O–H groups in total. The number of rotatable bonds is 2. The van der Waals surface area contributed by atoms with Crippen molar-refractivity contribution in [2.45, 2.75) is 32.1 Å². The second-order valence-electron chi connectivity index (χ2n) is 5.67. The molecule has 0 radical (unpaired) electrons. The van der Waals surface area contributed by atoms with Gasteiger partial charge in [-0.3, -0.25) is 24.6 Å². The second-order valence-corrected chi connectivity index (χ2v) is 5.67. The van der Waals surface area contributed by atoms with E-state index in [4.69, 9.17) is 0 Å². The Hall–Kier alpha value is -1.92. The molecule has 2 heterocycles. The fourth-order valence-corrected chi connectivity index (χ4v) is 2.82. The molecule has 0 aromatic rings. The molecule has 0 atom stereocenters. The van der Waals surface area contributed by atoms with Crippen molar-refractivity contribution in [1.29, 1.82) is 0 Å². The number of piperidine rings is 1. The fourth-order valence-electron chi connectivity index (χ4n) is 2.82. The van der Waals surface area contributed by atoms with Crippen molar-refractivity contribution in [3.63, 3.8) is 0 Å². The van der Waals surface area contributed by atoms with Gasteiger partial charge in [-0.05, 0) is 32.1 Å². The fraction of sp³-hybridized carbons (Fsp3) is 0.692. The van der Waals surface area contributed by atoms with E-state index in [9.17, 15) is 19.2 Å². The van der Waals surface area contributed by atoms with Crippen molar-refractivity contribution < 1.29 is 19.2 Å². The highest BCUT2D eigenvalue weighted by molar-refractivity contribution is 6.21. The zero-order chi connectivity index (χ0) is 14.3. The highest BCUT2D eigenvalue weighted by Crippen LogP contribution is 2.48. The molecule has 20 heavy (non-hydrogen) atoms. The van der Waals surface area contributed by atoms with E-state index >= 15 is 0 Å². The number of barbiturate groups is 1. The summed E-state index contributed by atoms with van der Waals surface area (Å²) < 4.78 is 0. The van der Waals surface area contributed by atoms with Gasteiger partial charge < -0.3 is 4.90 Å². The highest BCUT2D eigenvalue weighted by atomic mass is 16.2. The summed E-state index contributed by atoms with van der Waals surface area (Å²) >= 11 is 0. The van der Waals surface area contributed by atoms with Gasteiger partial charge >= 0.3 is 6.03 Å². The zero-order valence-corrected chi connectivity index (χ0v) is 11.2. The summed E-state index contributed by atoms with van der Waals surface area (Å²) in [5.74, 6) is -1.26. The third kappa shape index (κ3) is 1.97. The first-order chi connectivity index (χ1) is 9.54. The molecule has 7 heteroatoms. The molecule has 2 saturated heterocycles. The maximum atomic E-state index is 12.2. The van der Waals surface area contributed by atoms with Gasteiger partial charge in [0.25, 0.3) is 0 Å². The van der Waals surface area contributed by atoms with Crippen LogP contribution in [0, 0.1) is 5.41 Å². The smallest absolute Gasteiger partial charge is 0.331 e. The summed E-state index contributed by atoms with van der Waals surface area (Å²) in [5.41, 5.74) is -1.07. The summed E-state index contributed by atoms with van der Waals surface area (Å²) in [5, 5.41) is 2.18. The predicted octanol–water partition coefficient (Wildman–Crippen LogP) is -0.142. The standard InChI is InChI=1S/C13H17N3O4/c17-9(15-6-2-1-3-7-15)8-16-11(19)13(4-5-13)10(18)14-12(16)20/h1-8H2,(H,14,18,20). The SMILES string of the molecule is O=C(CN1C(=O)NC(=O)C2(CC2)C1=O)N1CCCCC1. The van der Waals surface area contributed by atoms with Gasteiger partial charge in [0, 0.05) is 13.1 Å². The summed E-state index contributed by atoms with van der Waals surface area (Å²) in [4.78, 5) is 50.3. The van der Waals surface area contributed by atoms with Crippen molar-refractivity contribution in [2.75, 3.05) is 19.6 Å². The molecule has 0 unspecified atom stereocenters. The van der Waals surface area contributed by atoms with Crippen LogP contribution in [-0.2, 0) is 14.4 Å². The average Bonchev–Trinajstić information content (AvgIpc) is 3.24. The van der Waals surface area contributed by atoms with Crippen LogP contribution in [0.15, 0.2) is 0 Å². The van der Waals surface area contributed by atoms with Gasteiger partial charge in [0.2, 0.25) is 17.7 Å². The maximum Gasteiger partial charge on any atom is 0.331 e. The first-order valence-electron chi connectivity index (χ1n) is 7.00. The molecule has 0 aromatic carbocycles. The van der Waals surface area contributed by atoms with Gasteiger partial charge in [0.1, 0.15) is 12.0 Å². The second kappa shape index (κ2) is 4.57. The lowest BCUT2D eigenvalue weighted by molar-refractivity contribution is -0.148. The van der Waals surface area contributed by atoms with Gasteiger partial charge in [-0.2, -0.15) is 0 Å². The van der Waals surface area contributed by atoms with E-state index in [0.717, 1.165) is 24.2 Å². The third-order valence-corrected chi connectivity index (χ3v) is 4.31. The number of likely N-dealkylation sites (tertiary alicyclic amines) is 1. The number of imide groups is 2. The highest BCUT2D eigenvalue weighted by Gasteiger charge is 2.62. The first kappa shape index (κ1) is 13.1. The Balaban J connectivity index is 1.69. The van der Waals surface area contributed by atoms with Crippen LogP contribution in [0.1, 0.15) is 32.1 Å². The average molecular weight is 279 g/mol. The van der Waals surface area contributed by atoms with Gasteiger partial charge in [0.15, 0.2) is 0 Å². The van der Waals surface area contributed by atoms with Crippen molar-refractivity contribution in [1.82, 2.24) is 15.1 Å². The molecule has 3 fully saturated rings. The van der Waals surface area contributed by atoms with E-state index in [1.54, 1.807) is 4.90 Å². The van der Waals surface area contributed by atoms with Crippen LogP contribution in [0.25, 0.3) is 0 Å². The normalized spacial score (nSPS) is 24.9. The minimum atomic E-state index is -1.07. The molecular weight excluding hydrogens is 262 g/mol. The number of urea groups is 1. The quantitative estimate of drug-likeness (QED) is 0.713. The van der Waals surface area contributed by atoms with Crippen LogP contribution in [0.2, 0.25) is 0 Å². The molecule has 108 valence electrons. The maximum absolute atomic E-state index is 12.2. The Labute approximate surface area is 116 Å². The zero-order valence-electron chi connectivity index (χ0n) is 11.2. The summed E-state index contributed by atoms with van der Waals surface area (Å²) in [6, 6.07) is -0.775. The number of hydrogen-bond acceptors (Lipinski definition) is 4. The van der Waals surface area contributed by atoms with E-state index < -0.39 is 23.3 Å². The van der Waals surface area contributed by atoms with Crippen LogP contribution in [0.5, 0.6) is 0 Å². The molecule has 0 aromatic heterocycles. The van der Waals surface area contributed by atoms with Crippen LogP contribution >= 0.6 is 0 Å². The van der Waals surface area contributed by atoms with Crippen LogP contribution < -0.4 is 5.32 Å². The molecular formula is C13H17N3O4. The lowest BCUT2D eigenvalue weighted by atomic mass is 10.0. The van der Waals surface area contributed by atoms with E-state index in [1.807, 2.05) is 0 Å². The minimum Gasteiger partial charge on any atom is -0.341 e. The topological polar surface area (TPSA) is 86.8 Å². The van der Waals surface area contributed by atoms with E-state index in [-0.39, 0.29) is 12.5 Å². The van der Waals surface area contributed by atoms with Gasteiger partial charge in [-0.15, -0.1) is 0 Å². The molecule has 5 amide bonds. The van der Waals surface area contributed by atoms with Gasteiger partial charge in [-0.1, -0.05) is 0 Å². The van der Waals surface area contributed by atoms with Crippen LogP contribution in [0.4, 0.5) is 4.79 Å². The lowest BCUT2D eigenvalue weighted by Gasteiger charge is -2.32. The number of amides is 5. The van der Waals surface area contributed by atoms with Gasteiger partial charge in [0.05, 0.1) is 0 Å². The molecule has 7 nitrogen and oxygen atoms in total. The van der Waals surface area contributed by atoms with Crippen LogP contribution in [0.3, 0.4) is 0 Å². The summed E-state index contributed by atoms with van der Waals surface area (Å²) in [7, 11) is 0. The van der Waals surface area contributed by atoms with Crippen molar-refractivity contribution in [2.24, 2.45) is 5.41 Å². The van der Waals surface area contributed by atoms with Crippen molar-refractivity contribution in [3.05, 3.63) is 0 Å². The Morgan fingerprint density at radius 2 is 1.75 bits per heavy atom. The van der Waals surface area contributed by atoms with E-state index in [0.29, 0.717) is 25.9 Å². The van der Waals surface area contributed by atoms with E-state index in [2.05, 4.69) is 5.32 Å². The Morgan fingerprint density at radius 3 is 2.35 bits per heavy atom. The van der Waals surface area contributed by atoms with Gasteiger partial charge in [-0.25, -0.2) is 4.79 Å². The third-order valence-electron chi connectivity index (χ3n) is 4.31. The predicted molar refractivity (Wildman–Crippen MR) is 67.3 cm³/mol. The molecule has 1 spiro atoms. The Morgan fingerprint density at radius 1 is 1.10 bits per heavy atom. The summed E-state index contributed by atoms with van der Waals surface area (Å²) in [6.45, 7) is 1.08. The largest absolute Gasteiger partial charge is 0.341 e. The molecule has 2 aliphatic heterocycles. The molecule has 1 aliphatic carbocycles. The Bertz CT molecular complexity index is 492.